The lowest BCUT2D eigenvalue weighted by Gasteiger charge is -2.21. The number of nitrogens with one attached hydrogen (secondary N) is 4. The number of methoxy groups -OCH3 is 2. The predicted octanol–water partition coefficient (Wildman–Crippen LogP) is 6.63. The monoisotopic (exact) mass is 426 g/mol. The Morgan fingerprint density at radius 2 is 0.875 bits per heavy atom. The van der Waals surface area contributed by atoms with Crippen LogP contribution in [0, 0.1) is 0 Å². The first-order chi connectivity index (χ1) is 15.8. The van der Waals surface area contributed by atoms with Crippen LogP contribution in [0.1, 0.15) is 0 Å². The van der Waals surface area contributed by atoms with Crippen LogP contribution in [0.15, 0.2) is 97.1 Å². The van der Waals surface area contributed by atoms with Crippen molar-refractivity contribution in [3.8, 4) is 11.5 Å². The third kappa shape index (κ3) is 4.87. The second kappa shape index (κ2) is 10.1. The fourth-order valence-corrected chi connectivity index (χ4v) is 3.35. The maximum atomic E-state index is 5.61. The Labute approximate surface area is 188 Å². The molecule has 4 rings (SSSR count). The van der Waals surface area contributed by atoms with E-state index >= 15 is 0 Å². The van der Waals surface area contributed by atoms with Crippen molar-refractivity contribution in [2.45, 2.75) is 0 Å². The third-order valence-corrected chi connectivity index (χ3v) is 4.91. The standard InChI is InChI=1S/C26H26N4O2/c1-31-23-17-9-15-21(27-19-11-5-3-6-12-19)25(23)29-30-26-22(16-10-18-24(26)32-2)28-20-13-7-4-8-14-20/h3-18,27-30H,1-2H3. The lowest BCUT2D eigenvalue weighted by Crippen LogP contribution is -2.13. The number of hydrogen-bond acceptors (Lipinski definition) is 6. The molecule has 0 bridgehead atoms. The number of hydrazine groups is 1. The van der Waals surface area contributed by atoms with Crippen molar-refractivity contribution in [3.63, 3.8) is 0 Å². The van der Waals surface area contributed by atoms with Crippen LogP contribution in [0.4, 0.5) is 34.1 Å². The minimum Gasteiger partial charge on any atom is -0.494 e. The average Bonchev–Trinajstić information content (AvgIpc) is 2.84. The van der Waals surface area contributed by atoms with Gasteiger partial charge in [-0.25, -0.2) is 0 Å². The molecule has 0 aromatic heterocycles. The molecule has 0 spiro atoms. The number of benzene rings is 4. The van der Waals surface area contributed by atoms with Gasteiger partial charge in [0.15, 0.2) is 0 Å². The van der Waals surface area contributed by atoms with Gasteiger partial charge in [-0.2, -0.15) is 0 Å². The highest BCUT2D eigenvalue weighted by Crippen LogP contribution is 2.38. The molecule has 0 saturated heterocycles. The Balaban J connectivity index is 1.63. The molecule has 4 aromatic carbocycles. The summed E-state index contributed by atoms with van der Waals surface area (Å²) in [6, 6.07) is 31.7. The molecule has 4 aromatic rings. The van der Waals surface area contributed by atoms with E-state index in [-0.39, 0.29) is 0 Å². The molecule has 4 N–H and O–H groups in total. The van der Waals surface area contributed by atoms with Crippen LogP contribution >= 0.6 is 0 Å². The minimum atomic E-state index is 0.700. The quantitative estimate of drug-likeness (QED) is 0.225. The van der Waals surface area contributed by atoms with Gasteiger partial charge in [0, 0.05) is 11.4 Å². The van der Waals surface area contributed by atoms with Crippen LogP contribution in [0.5, 0.6) is 11.5 Å². The van der Waals surface area contributed by atoms with Gasteiger partial charge in [-0.1, -0.05) is 48.5 Å². The fourth-order valence-electron chi connectivity index (χ4n) is 3.35. The van der Waals surface area contributed by atoms with Crippen LogP contribution in [0.25, 0.3) is 0 Å². The van der Waals surface area contributed by atoms with E-state index < -0.39 is 0 Å². The van der Waals surface area contributed by atoms with E-state index in [1.807, 2.05) is 97.1 Å². The lowest BCUT2D eigenvalue weighted by atomic mass is 10.2. The lowest BCUT2D eigenvalue weighted by molar-refractivity contribution is 0.415. The van der Waals surface area contributed by atoms with Gasteiger partial charge in [0.25, 0.3) is 0 Å². The highest BCUT2D eigenvalue weighted by atomic mass is 16.5. The second-order valence-corrected chi connectivity index (χ2v) is 7.00. The Morgan fingerprint density at radius 1 is 0.469 bits per heavy atom. The second-order valence-electron chi connectivity index (χ2n) is 7.00. The first-order valence-electron chi connectivity index (χ1n) is 10.3. The fraction of sp³-hybridized carbons (Fsp3) is 0.0769. The van der Waals surface area contributed by atoms with Gasteiger partial charge in [0.1, 0.15) is 22.9 Å². The van der Waals surface area contributed by atoms with Crippen molar-refractivity contribution in [2.75, 3.05) is 35.7 Å². The molecule has 0 aliphatic rings. The highest BCUT2D eigenvalue weighted by Gasteiger charge is 2.13. The summed E-state index contributed by atoms with van der Waals surface area (Å²) in [4.78, 5) is 0. The summed E-state index contributed by atoms with van der Waals surface area (Å²) < 4.78 is 11.2. The predicted molar refractivity (Wildman–Crippen MR) is 133 cm³/mol. The number of para-hydroxylation sites is 4. The molecule has 0 unspecified atom stereocenters. The van der Waals surface area contributed by atoms with E-state index in [0.717, 1.165) is 34.1 Å². The Kier molecular flexibility index (Phi) is 6.63. The van der Waals surface area contributed by atoms with E-state index in [1.165, 1.54) is 0 Å². The number of rotatable bonds is 9. The summed E-state index contributed by atoms with van der Waals surface area (Å²) >= 11 is 0. The first-order valence-corrected chi connectivity index (χ1v) is 10.3. The third-order valence-electron chi connectivity index (χ3n) is 4.91. The van der Waals surface area contributed by atoms with Crippen LogP contribution < -0.4 is 31.0 Å². The molecular formula is C26H26N4O2. The molecule has 0 saturated carbocycles. The van der Waals surface area contributed by atoms with Crippen molar-refractivity contribution in [2.24, 2.45) is 0 Å². The first kappa shape index (κ1) is 20.9. The zero-order chi connectivity index (χ0) is 22.2. The van der Waals surface area contributed by atoms with Crippen molar-refractivity contribution in [1.82, 2.24) is 0 Å². The van der Waals surface area contributed by atoms with Gasteiger partial charge in [-0.15, -0.1) is 0 Å². The van der Waals surface area contributed by atoms with Gasteiger partial charge < -0.3 is 20.1 Å². The van der Waals surface area contributed by atoms with Crippen molar-refractivity contribution in [1.29, 1.82) is 0 Å². The summed E-state index contributed by atoms with van der Waals surface area (Å²) in [6.45, 7) is 0. The Hall–Kier alpha value is -4.32. The van der Waals surface area contributed by atoms with Gasteiger partial charge in [-0.05, 0) is 48.5 Å². The van der Waals surface area contributed by atoms with Gasteiger partial charge in [0.2, 0.25) is 0 Å². The van der Waals surface area contributed by atoms with Gasteiger partial charge in [0.05, 0.1) is 25.6 Å². The zero-order valence-electron chi connectivity index (χ0n) is 18.1. The molecule has 0 fully saturated rings. The largest absolute Gasteiger partial charge is 0.494 e. The van der Waals surface area contributed by atoms with Crippen molar-refractivity contribution < 1.29 is 9.47 Å². The summed E-state index contributed by atoms with van der Waals surface area (Å²) in [5.74, 6) is 1.40. The number of anilines is 6. The van der Waals surface area contributed by atoms with Crippen LogP contribution in [-0.4, -0.2) is 14.2 Å². The van der Waals surface area contributed by atoms with Crippen molar-refractivity contribution >= 4 is 34.1 Å². The SMILES string of the molecule is COc1cccc(Nc2ccccc2)c1NNc1c(Nc2ccccc2)cccc1OC. The molecule has 0 radical (unpaired) electrons. The van der Waals surface area contributed by atoms with Crippen LogP contribution in [0.2, 0.25) is 0 Å². The molecule has 6 heteroatoms. The summed E-state index contributed by atoms with van der Waals surface area (Å²) in [6.07, 6.45) is 0. The van der Waals surface area contributed by atoms with E-state index in [4.69, 9.17) is 9.47 Å². The smallest absolute Gasteiger partial charge is 0.145 e. The normalized spacial score (nSPS) is 10.2. The molecule has 0 atom stereocenters. The van der Waals surface area contributed by atoms with Crippen molar-refractivity contribution in [3.05, 3.63) is 97.1 Å². The van der Waals surface area contributed by atoms with Gasteiger partial charge >= 0.3 is 0 Å². The Morgan fingerprint density at radius 3 is 1.25 bits per heavy atom. The van der Waals surface area contributed by atoms with E-state index in [2.05, 4.69) is 21.5 Å². The summed E-state index contributed by atoms with van der Waals surface area (Å²) in [7, 11) is 3.30. The molecule has 6 nitrogen and oxygen atoms in total. The average molecular weight is 427 g/mol. The van der Waals surface area contributed by atoms with Crippen LogP contribution in [-0.2, 0) is 0 Å². The van der Waals surface area contributed by atoms with Crippen LogP contribution in [0.3, 0.4) is 0 Å². The maximum Gasteiger partial charge on any atom is 0.145 e. The number of hydrogen-bond donors (Lipinski definition) is 4. The zero-order valence-corrected chi connectivity index (χ0v) is 18.1. The van der Waals surface area contributed by atoms with Gasteiger partial charge in [-0.3, -0.25) is 10.9 Å². The molecule has 0 aliphatic carbocycles. The maximum absolute atomic E-state index is 5.61. The molecule has 162 valence electrons. The highest BCUT2D eigenvalue weighted by molar-refractivity contribution is 5.84. The minimum absolute atomic E-state index is 0.700. The summed E-state index contributed by atoms with van der Waals surface area (Å²) in [5.41, 5.74) is 11.9. The van der Waals surface area contributed by atoms with E-state index in [0.29, 0.717) is 11.5 Å². The van der Waals surface area contributed by atoms with E-state index in [1.54, 1.807) is 14.2 Å². The number of ether oxygens (including phenoxy) is 2. The molecule has 0 aliphatic heterocycles. The molecular weight excluding hydrogens is 400 g/mol. The Bertz CT molecular complexity index is 1060. The molecule has 32 heavy (non-hydrogen) atoms. The van der Waals surface area contributed by atoms with E-state index in [9.17, 15) is 0 Å². The summed E-state index contributed by atoms with van der Waals surface area (Å²) in [5, 5.41) is 6.87. The topological polar surface area (TPSA) is 66.6 Å². The molecule has 0 amide bonds. The molecule has 0 heterocycles.